The SMILES string of the molecule is COC(=O)c1ccccc1SC[C@H](NC(=O)c1ccc2nc(-c3ccncc3)[nH]c2c1)C(=O)O. The number of esters is 1. The Hall–Kier alpha value is -4.18. The van der Waals surface area contributed by atoms with Crippen LogP contribution in [-0.4, -0.2) is 56.8 Å². The number of nitrogens with one attached hydrogen (secondary N) is 2. The topological polar surface area (TPSA) is 134 Å². The highest BCUT2D eigenvalue weighted by Crippen LogP contribution is 2.25. The second-order valence-electron chi connectivity index (χ2n) is 7.22. The number of methoxy groups -OCH3 is 1. The molecule has 2 heterocycles. The normalized spacial score (nSPS) is 11.7. The number of carbonyl (C=O) groups is 3. The lowest BCUT2D eigenvalue weighted by molar-refractivity contribution is -0.138. The summed E-state index contributed by atoms with van der Waals surface area (Å²) in [6.07, 6.45) is 3.32. The van der Waals surface area contributed by atoms with Crippen molar-refractivity contribution in [3.05, 3.63) is 78.1 Å². The number of fused-ring (bicyclic) bond motifs is 1. The first kappa shape index (κ1) is 23.0. The molecule has 4 rings (SSSR count). The molecule has 0 saturated heterocycles. The van der Waals surface area contributed by atoms with Gasteiger partial charge in [-0.05, 0) is 42.5 Å². The van der Waals surface area contributed by atoms with Gasteiger partial charge in [0.2, 0.25) is 0 Å². The van der Waals surface area contributed by atoms with Crippen LogP contribution in [0.3, 0.4) is 0 Å². The average Bonchev–Trinajstić information content (AvgIpc) is 3.30. The number of thioether (sulfide) groups is 1. The Kier molecular flexibility index (Phi) is 6.88. The second-order valence-corrected chi connectivity index (χ2v) is 8.28. The standard InChI is InChI=1S/C24H20N4O5S/c1-33-24(32)16-4-2-3-5-20(16)34-13-19(23(30)31)28-22(29)15-6-7-17-18(12-15)27-21(26-17)14-8-10-25-11-9-14/h2-12,19H,13H2,1H3,(H,26,27)(H,28,29)(H,30,31)/t19-/m0/s1. The van der Waals surface area contributed by atoms with Gasteiger partial charge in [0.1, 0.15) is 11.9 Å². The van der Waals surface area contributed by atoms with Crippen LogP contribution in [-0.2, 0) is 9.53 Å². The summed E-state index contributed by atoms with van der Waals surface area (Å²) in [5, 5.41) is 12.2. The molecule has 0 unspecified atom stereocenters. The van der Waals surface area contributed by atoms with E-state index >= 15 is 0 Å². The number of rotatable bonds is 8. The van der Waals surface area contributed by atoms with E-state index in [9.17, 15) is 19.5 Å². The molecule has 34 heavy (non-hydrogen) atoms. The number of hydrogen-bond donors (Lipinski definition) is 3. The molecule has 172 valence electrons. The maximum atomic E-state index is 12.8. The number of pyridine rings is 1. The van der Waals surface area contributed by atoms with Gasteiger partial charge in [0, 0.05) is 34.2 Å². The minimum atomic E-state index is -1.18. The molecule has 0 aliphatic carbocycles. The number of amides is 1. The van der Waals surface area contributed by atoms with Crippen LogP contribution in [0.1, 0.15) is 20.7 Å². The Morgan fingerprint density at radius 3 is 2.62 bits per heavy atom. The van der Waals surface area contributed by atoms with Crippen LogP contribution in [0, 0.1) is 0 Å². The van der Waals surface area contributed by atoms with E-state index in [1.165, 1.54) is 7.11 Å². The van der Waals surface area contributed by atoms with E-state index in [0.717, 1.165) is 17.3 Å². The van der Waals surface area contributed by atoms with E-state index < -0.39 is 23.9 Å². The molecule has 0 aliphatic heterocycles. The van der Waals surface area contributed by atoms with Gasteiger partial charge in [0.15, 0.2) is 0 Å². The number of benzene rings is 2. The monoisotopic (exact) mass is 476 g/mol. The van der Waals surface area contributed by atoms with Crippen molar-refractivity contribution in [1.82, 2.24) is 20.3 Å². The molecule has 10 heteroatoms. The van der Waals surface area contributed by atoms with Crippen molar-refractivity contribution < 1.29 is 24.2 Å². The summed E-state index contributed by atoms with van der Waals surface area (Å²) >= 11 is 1.15. The summed E-state index contributed by atoms with van der Waals surface area (Å²) < 4.78 is 4.77. The number of H-pyrrole nitrogens is 1. The zero-order valence-corrected chi connectivity index (χ0v) is 18.8. The lowest BCUT2D eigenvalue weighted by Gasteiger charge is -2.15. The fraction of sp³-hybridized carbons (Fsp3) is 0.125. The molecule has 0 saturated carbocycles. The molecule has 9 nitrogen and oxygen atoms in total. The average molecular weight is 477 g/mol. The maximum Gasteiger partial charge on any atom is 0.338 e. The van der Waals surface area contributed by atoms with Gasteiger partial charge in [-0.1, -0.05) is 12.1 Å². The molecular formula is C24H20N4O5S. The highest BCUT2D eigenvalue weighted by molar-refractivity contribution is 7.99. The number of carboxylic acid groups (broad SMARTS) is 1. The number of hydrogen-bond acceptors (Lipinski definition) is 7. The fourth-order valence-electron chi connectivity index (χ4n) is 3.26. The highest BCUT2D eigenvalue weighted by Gasteiger charge is 2.23. The lowest BCUT2D eigenvalue weighted by atomic mass is 10.1. The third kappa shape index (κ3) is 5.07. The Bertz CT molecular complexity index is 1360. The van der Waals surface area contributed by atoms with Crippen molar-refractivity contribution in [2.75, 3.05) is 12.9 Å². The Morgan fingerprint density at radius 1 is 1.12 bits per heavy atom. The minimum absolute atomic E-state index is 0.0214. The van der Waals surface area contributed by atoms with Crippen molar-refractivity contribution in [2.45, 2.75) is 10.9 Å². The van der Waals surface area contributed by atoms with Crippen LogP contribution in [0.25, 0.3) is 22.4 Å². The van der Waals surface area contributed by atoms with Crippen molar-refractivity contribution in [3.63, 3.8) is 0 Å². The molecule has 0 radical (unpaired) electrons. The molecule has 1 atom stereocenters. The minimum Gasteiger partial charge on any atom is -0.480 e. The number of carboxylic acids is 1. The van der Waals surface area contributed by atoms with Gasteiger partial charge in [-0.3, -0.25) is 9.78 Å². The molecule has 0 bridgehead atoms. The quantitative estimate of drug-likeness (QED) is 0.260. The first-order valence-electron chi connectivity index (χ1n) is 10.2. The number of aromatic nitrogens is 3. The summed E-state index contributed by atoms with van der Waals surface area (Å²) in [6, 6.07) is 14.1. The lowest BCUT2D eigenvalue weighted by Crippen LogP contribution is -2.42. The van der Waals surface area contributed by atoms with E-state index in [4.69, 9.17) is 4.74 Å². The van der Waals surface area contributed by atoms with Gasteiger partial charge in [0.05, 0.1) is 23.7 Å². The number of carbonyl (C=O) groups excluding carboxylic acids is 2. The van der Waals surface area contributed by atoms with Crippen LogP contribution in [0.5, 0.6) is 0 Å². The smallest absolute Gasteiger partial charge is 0.338 e. The first-order chi connectivity index (χ1) is 16.5. The molecule has 2 aromatic heterocycles. The first-order valence-corrected chi connectivity index (χ1v) is 11.2. The van der Waals surface area contributed by atoms with Gasteiger partial charge >= 0.3 is 11.9 Å². The third-order valence-electron chi connectivity index (χ3n) is 5.00. The van der Waals surface area contributed by atoms with E-state index in [1.807, 2.05) is 12.1 Å². The van der Waals surface area contributed by atoms with Gasteiger partial charge < -0.3 is 20.1 Å². The number of imidazole rings is 1. The van der Waals surface area contributed by atoms with Crippen LogP contribution in [0.2, 0.25) is 0 Å². The van der Waals surface area contributed by atoms with Gasteiger partial charge in [0.25, 0.3) is 5.91 Å². The van der Waals surface area contributed by atoms with E-state index in [1.54, 1.807) is 54.9 Å². The molecule has 0 aliphatic rings. The summed E-state index contributed by atoms with van der Waals surface area (Å²) in [5.41, 5.74) is 2.80. The number of ether oxygens (including phenoxy) is 1. The number of aliphatic carboxylic acids is 1. The third-order valence-corrected chi connectivity index (χ3v) is 6.17. The molecule has 3 N–H and O–H groups in total. The largest absolute Gasteiger partial charge is 0.480 e. The van der Waals surface area contributed by atoms with Crippen LogP contribution < -0.4 is 5.32 Å². The summed E-state index contributed by atoms with van der Waals surface area (Å²) in [5.74, 6) is -1.57. The molecule has 2 aromatic carbocycles. The summed E-state index contributed by atoms with van der Waals surface area (Å²) in [6.45, 7) is 0. The molecule has 0 spiro atoms. The van der Waals surface area contributed by atoms with Gasteiger partial charge in [-0.15, -0.1) is 11.8 Å². The molecular weight excluding hydrogens is 456 g/mol. The van der Waals surface area contributed by atoms with E-state index in [-0.39, 0.29) is 5.75 Å². The molecule has 0 fully saturated rings. The number of aromatic amines is 1. The zero-order valence-electron chi connectivity index (χ0n) is 18.0. The van der Waals surface area contributed by atoms with E-state index in [0.29, 0.717) is 32.9 Å². The van der Waals surface area contributed by atoms with Crippen molar-refractivity contribution in [3.8, 4) is 11.4 Å². The van der Waals surface area contributed by atoms with E-state index in [2.05, 4.69) is 20.3 Å². The Balaban J connectivity index is 1.49. The molecule has 1 amide bonds. The van der Waals surface area contributed by atoms with Crippen LogP contribution >= 0.6 is 11.8 Å². The van der Waals surface area contributed by atoms with Crippen molar-refractivity contribution in [2.24, 2.45) is 0 Å². The Morgan fingerprint density at radius 2 is 1.88 bits per heavy atom. The van der Waals surface area contributed by atoms with Gasteiger partial charge in [-0.2, -0.15) is 0 Å². The predicted octanol–water partition coefficient (Wildman–Crippen LogP) is 3.39. The van der Waals surface area contributed by atoms with Crippen molar-refractivity contribution >= 4 is 40.6 Å². The maximum absolute atomic E-state index is 12.8. The van der Waals surface area contributed by atoms with Gasteiger partial charge in [-0.25, -0.2) is 14.6 Å². The van der Waals surface area contributed by atoms with Crippen molar-refractivity contribution in [1.29, 1.82) is 0 Å². The predicted molar refractivity (Wildman–Crippen MR) is 127 cm³/mol. The highest BCUT2D eigenvalue weighted by atomic mass is 32.2. The fourth-order valence-corrected chi connectivity index (χ4v) is 4.31. The number of nitrogens with zero attached hydrogens (tertiary/aromatic N) is 2. The zero-order chi connectivity index (χ0) is 24.1. The van der Waals surface area contributed by atoms with Crippen LogP contribution in [0.4, 0.5) is 0 Å². The second kappa shape index (κ2) is 10.2. The summed E-state index contributed by atoms with van der Waals surface area (Å²) in [7, 11) is 1.28. The van der Waals surface area contributed by atoms with Crippen LogP contribution in [0.15, 0.2) is 71.9 Å². The molecule has 4 aromatic rings. The summed E-state index contributed by atoms with van der Waals surface area (Å²) in [4.78, 5) is 48.8. The Labute approximate surface area is 198 Å².